The van der Waals surface area contributed by atoms with Gasteiger partial charge in [0.15, 0.2) is 6.61 Å². The molecule has 1 unspecified atom stereocenters. The van der Waals surface area contributed by atoms with Crippen molar-refractivity contribution in [2.75, 3.05) is 6.61 Å². The first kappa shape index (κ1) is 23.3. The number of rotatable bonds is 7. The van der Waals surface area contributed by atoms with Gasteiger partial charge >= 0.3 is 18.3 Å². The minimum Gasteiger partial charge on any atom is -0.483 e. The summed E-state index contributed by atoms with van der Waals surface area (Å²) in [6.07, 6.45) is -8.26. The van der Waals surface area contributed by atoms with Gasteiger partial charge in [-0.15, -0.1) is 0 Å². The van der Waals surface area contributed by atoms with Crippen LogP contribution in [0.3, 0.4) is 0 Å². The summed E-state index contributed by atoms with van der Waals surface area (Å²) in [7, 11) is 0. The van der Waals surface area contributed by atoms with Crippen molar-refractivity contribution in [2.45, 2.75) is 37.5 Å². The maximum Gasteiger partial charge on any atom is 0.422 e. The van der Waals surface area contributed by atoms with Crippen molar-refractivity contribution in [1.29, 1.82) is 0 Å². The first-order valence-corrected chi connectivity index (χ1v) is 10.6. The van der Waals surface area contributed by atoms with E-state index in [1.807, 2.05) is 0 Å². The number of nitrogens with zero attached hydrogens (tertiary/aromatic N) is 2. The lowest BCUT2D eigenvalue weighted by Gasteiger charge is -2.22. The molecule has 1 fully saturated rings. The summed E-state index contributed by atoms with van der Waals surface area (Å²) in [6, 6.07) is 6.00. The van der Waals surface area contributed by atoms with E-state index in [9.17, 15) is 36.2 Å². The van der Waals surface area contributed by atoms with E-state index in [4.69, 9.17) is 0 Å². The first-order chi connectivity index (χ1) is 15.4. The summed E-state index contributed by atoms with van der Waals surface area (Å²) in [5, 5.41) is 9.67. The third-order valence-corrected chi connectivity index (χ3v) is 5.88. The number of aliphatic carboxylic acids is 1. The van der Waals surface area contributed by atoms with Crippen LogP contribution in [0.1, 0.15) is 36.3 Å². The monoisotopic (exact) mass is 490 g/mol. The molecule has 1 aromatic heterocycles. The molecule has 3 aromatic rings. The number of hydrogen-bond acceptors (Lipinski definition) is 5. The number of ether oxygens (including phenoxy) is 1. The maximum absolute atomic E-state index is 14.0. The highest BCUT2D eigenvalue weighted by Crippen LogP contribution is 2.47. The molecule has 1 aliphatic carbocycles. The van der Waals surface area contributed by atoms with Crippen LogP contribution in [0.2, 0.25) is 0 Å². The number of fused-ring (bicyclic) bond motifs is 1. The summed E-state index contributed by atoms with van der Waals surface area (Å²) in [5.74, 6) is -3.47. The molecular formula is C21H16F6N2O3S. The van der Waals surface area contributed by atoms with Crippen LogP contribution in [-0.2, 0) is 11.0 Å². The van der Waals surface area contributed by atoms with Crippen LogP contribution >= 0.6 is 11.7 Å². The highest BCUT2D eigenvalue weighted by atomic mass is 32.1. The van der Waals surface area contributed by atoms with Gasteiger partial charge in [-0.3, -0.25) is 4.79 Å². The Hall–Kier alpha value is -2.89. The van der Waals surface area contributed by atoms with Gasteiger partial charge in [0.05, 0.1) is 23.2 Å². The Morgan fingerprint density at radius 1 is 1.09 bits per heavy atom. The van der Waals surface area contributed by atoms with Crippen LogP contribution < -0.4 is 4.74 Å². The van der Waals surface area contributed by atoms with Crippen molar-refractivity contribution >= 4 is 28.7 Å². The number of benzene rings is 2. The number of alkyl halides is 6. The minimum absolute atomic E-state index is 0.0856. The second-order valence-corrected chi connectivity index (χ2v) is 8.41. The van der Waals surface area contributed by atoms with Crippen LogP contribution in [0, 0.1) is 5.92 Å². The molecule has 1 atom stereocenters. The smallest absolute Gasteiger partial charge is 0.422 e. The Labute approximate surface area is 187 Å². The van der Waals surface area contributed by atoms with E-state index < -0.39 is 42.2 Å². The average Bonchev–Trinajstić information content (AvgIpc) is 3.42. The summed E-state index contributed by atoms with van der Waals surface area (Å²) in [4.78, 5) is 11.9. The quantitative estimate of drug-likeness (QED) is 0.395. The Bertz CT molecular complexity index is 1190. The predicted octanol–water partition coefficient (Wildman–Crippen LogP) is 6.29. The predicted molar refractivity (Wildman–Crippen MR) is 107 cm³/mol. The lowest BCUT2D eigenvalue weighted by atomic mass is 9.88. The summed E-state index contributed by atoms with van der Waals surface area (Å²) < 4.78 is 93.1. The minimum atomic E-state index is -5.08. The van der Waals surface area contributed by atoms with Crippen molar-refractivity contribution in [3.8, 4) is 16.9 Å². The van der Waals surface area contributed by atoms with Gasteiger partial charge in [-0.1, -0.05) is 18.9 Å². The summed E-state index contributed by atoms with van der Waals surface area (Å²) in [5.41, 5.74) is -0.987. The Morgan fingerprint density at radius 2 is 1.79 bits per heavy atom. The summed E-state index contributed by atoms with van der Waals surface area (Å²) in [6.45, 7) is -1.94. The Kier molecular flexibility index (Phi) is 5.97. The summed E-state index contributed by atoms with van der Waals surface area (Å²) >= 11 is 0.870. The van der Waals surface area contributed by atoms with Crippen LogP contribution in [0.25, 0.3) is 22.2 Å². The fourth-order valence-electron chi connectivity index (χ4n) is 3.60. The topological polar surface area (TPSA) is 72.3 Å². The molecule has 1 N–H and O–H groups in total. The van der Waals surface area contributed by atoms with Crippen LogP contribution in [0.15, 0.2) is 30.3 Å². The standard InChI is InChI=1S/C21H16F6N2O3S/c22-20(23,24)9-32-18-13(11-3-4-16-17(8-11)29-33-28-16)6-12(7-15(18)21(25,26)27)14(19(30)31)5-10-1-2-10/h3-4,6-8,10,14H,1-2,5,9H2,(H,30,31). The highest BCUT2D eigenvalue weighted by Gasteiger charge is 2.40. The molecule has 0 radical (unpaired) electrons. The number of carboxylic acids is 1. The van der Waals surface area contributed by atoms with Gasteiger partial charge in [0.2, 0.25) is 0 Å². The van der Waals surface area contributed by atoms with E-state index in [1.165, 1.54) is 24.3 Å². The van der Waals surface area contributed by atoms with Crippen molar-refractivity contribution in [3.05, 3.63) is 41.5 Å². The lowest BCUT2D eigenvalue weighted by molar-refractivity contribution is -0.158. The molecule has 0 amide bonds. The molecule has 1 saturated carbocycles. The van der Waals surface area contributed by atoms with E-state index >= 15 is 0 Å². The zero-order valence-electron chi connectivity index (χ0n) is 16.7. The molecular weight excluding hydrogens is 474 g/mol. The molecule has 4 rings (SSSR count). The largest absolute Gasteiger partial charge is 0.483 e. The molecule has 0 saturated heterocycles. The molecule has 0 spiro atoms. The molecule has 12 heteroatoms. The van der Waals surface area contributed by atoms with Crippen molar-refractivity contribution < 1.29 is 41.0 Å². The van der Waals surface area contributed by atoms with Crippen molar-refractivity contribution in [1.82, 2.24) is 8.75 Å². The number of carbonyl (C=O) groups is 1. The second-order valence-electron chi connectivity index (χ2n) is 7.88. The number of carboxylic acid groups (broad SMARTS) is 1. The number of halogens is 6. The average molecular weight is 490 g/mol. The molecule has 0 bridgehead atoms. The van der Waals surface area contributed by atoms with Crippen LogP contribution in [-0.4, -0.2) is 32.6 Å². The normalized spacial score (nSPS) is 15.6. The molecule has 33 heavy (non-hydrogen) atoms. The van der Waals surface area contributed by atoms with Crippen LogP contribution in [0.4, 0.5) is 26.3 Å². The molecule has 0 aliphatic heterocycles. The first-order valence-electron chi connectivity index (χ1n) is 9.82. The van der Waals surface area contributed by atoms with Crippen LogP contribution in [0.5, 0.6) is 5.75 Å². The van der Waals surface area contributed by atoms with Gasteiger partial charge in [-0.2, -0.15) is 35.1 Å². The van der Waals surface area contributed by atoms with Gasteiger partial charge in [-0.25, -0.2) is 0 Å². The third kappa shape index (κ3) is 5.37. The van der Waals surface area contributed by atoms with Gasteiger partial charge in [-0.05, 0) is 47.7 Å². The molecule has 1 aliphatic rings. The number of aromatic nitrogens is 2. The third-order valence-electron chi connectivity index (χ3n) is 5.33. The highest BCUT2D eigenvalue weighted by molar-refractivity contribution is 7.00. The number of hydrogen-bond donors (Lipinski definition) is 1. The van der Waals surface area contributed by atoms with E-state index in [0.717, 1.165) is 24.6 Å². The van der Waals surface area contributed by atoms with Gasteiger partial charge in [0.25, 0.3) is 0 Å². The Morgan fingerprint density at radius 3 is 2.39 bits per heavy atom. The SMILES string of the molecule is O=C(O)C(CC1CC1)c1cc(-c2ccc3nsnc3c2)c(OCC(F)(F)F)c(C(F)(F)F)c1. The van der Waals surface area contributed by atoms with Crippen molar-refractivity contribution in [3.63, 3.8) is 0 Å². The van der Waals surface area contributed by atoms with Crippen molar-refractivity contribution in [2.24, 2.45) is 5.92 Å². The van der Waals surface area contributed by atoms with Gasteiger partial charge in [0, 0.05) is 5.56 Å². The zero-order chi connectivity index (χ0) is 24.0. The fraction of sp³-hybridized carbons (Fsp3) is 0.381. The van der Waals surface area contributed by atoms with E-state index in [1.54, 1.807) is 0 Å². The molecule has 1 heterocycles. The van der Waals surface area contributed by atoms with Gasteiger partial charge in [0.1, 0.15) is 16.8 Å². The fourth-order valence-corrected chi connectivity index (χ4v) is 4.12. The molecule has 176 valence electrons. The zero-order valence-corrected chi connectivity index (χ0v) is 17.5. The van der Waals surface area contributed by atoms with E-state index in [0.29, 0.717) is 17.1 Å². The van der Waals surface area contributed by atoms with E-state index in [2.05, 4.69) is 13.5 Å². The lowest BCUT2D eigenvalue weighted by Crippen LogP contribution is -2.22. The molecule has 2 aromatic carbocycles. The molecule has 5 nitrogen and oxygen atoms in total. The van der Waals surface area contributed by atoms with Gasteiger partial charge < -0.3 is 9.84 Å². The van der Waals surface area contributed by atoms with E-state index in [-0.39, 0.29) is 29.0 Å². The Balaban J connectivity index is 1.93. The maximum atomic E-state index is 14.0. The second kappa shape index (κ2) is 8.47.